The van der Waals surface area contributed by atoms with Gasteiger partial charge < -0.3 is 4.74 Å². The summed E-state index contributed by atoms with van der Waals surface area (Å²) >= 11 is 0. The number of methoxy groups -OCH3 is 1. The average molecular weight is 432 g/mol. The first-order chi connectivity index (χ1) is 16.3. The van der Waals surface area contributed by atoms with Crippen molar-refractivity contribution >= 4 is 5.71 Å². The van der Waals surface area contributed by atoms with Crippen molar-refractivity contribution in [2.45, 2.75) is 6.54 Å². The van der Waals surface area contributed by atoms with Gasteiger partial charge in [0.05, 0.1) is 25.1 Å². The quantitative estimate of drug-likeness (QED) is 0.411. The summed E-state index contributed by atoms with van der Waals surface area (Å²) in [5.41, 5.74) is 5.63. The second kappa shape index (κ2) is 7.87. The van der Waals surface area contributed by atoms with Crippen molar-refractivity contribution in [2.75, 3.05) is 7.11 Å². The standard InChI is InChI=1S/C26H20N6O/c1-33-21-14-12-20(13-15-21)25-27-28-26-24-16-22(18-8-4-2-5-9-18)29-31(24)17-23(30-32(25)26)19-10-6-3-7-11-19/h2-16H,17H2,1H3. The Morgan fingerprint density at radius 1 is 0.727 bits per heavy atom. The van der Waals surface area contributed by atoms with Crippen LogP contribution in [0.3, 0.4) is 0 Å². The molecule has 0 spiro atoms. The van der Waals surface area contributed by atoms with E-state index in [2.05, 4.69) is 40.5 Å². The number of ether oxygens (including phenoxy) is 1. The van der Waals surface area contributed by atoms with Crippen LogP contribution in [0.15, 0.2) is 96.1 Å². The molecular formula is C26H20N6O. The van der Waals surface area contributed by atoms with Gasteiger partial charge in [0.15, 0.2) is 5.82 Å². The fraction of sp³-hybridized carbons (Fsp3) is 0.0769. The first kappa shape index (κ1) is 19.2. The van der Waals surface area contributed by atoms with E-state index >= 15 is 0 Å². The van der Waals surface area contributed by atoms with Crippen LogP contribution in [0, 0.1) is 0 Å². The molecule has 7 nitrogen and oxygen atoms in total. The third-order valence-electron chi connectivity index (χ3n) is 5.69. The number of aromatic nitrogens is 5. The highest BCUT2D eigenvalue weighted by Gasteiger charge is 2.25. The molecule has 33 heavy (non-hydrogen) atoms. The number of benzene rings is 3. The molecule has 2 aromatic heterocycles. The van der Waals surface area contributed by atoms with Gasteiger partial charge in [-0.2, -0.15) is 14.9 Å². The van der Waals surface area contributed by atoms with E-state index in [4.69, 9.17) is 14.9 Å². The summed E-state index contributed by atoms with van der Waals surface area (Å²) in [4.78, 5) is 0. The van der Waals surface area contributed by atoms with Gasteiger partial charge in [-0.3, -0.25) is 4.68 Å². The molecule has 0 saturated heterocycles. The third-order valence-corrected chi connectivity index (χ3v) is 5.69. The lowest BCUT2D eigenvalue weighted by Gasteiger charge is -2.07. The Balaban J connectivity index is 1.55. The van der Waals surface area contributed by atoms with Crippen LogP contribution in [0.2, 0.25) is 0 Å². The maximum atomic E-state index is 5.30. The lowest BCUT2D eigenvalue weighted by Crippen LogP contribution is -2.13. The SMILES string of the molecule is COc1ccc(-c2nnc3n2N=C(c2ccccc2)Cn2nc(-c4ccccc4)cc2-3)cc1. The van der Waals surface area contributed by atoms with Gasteiger partial charge in [0.1, 0.15) is 11.4 Å². The molecule has 3 aromatic carbocycles. The number of rotatable bonds is 4. The number of hydrogen-bond donors (Lipinski definition) is 0. The van der Waals surface area contributed by atoms with Crippen LogP contribution in [-0.4, -0.2) is 37.5 Å². The van der Waals surface area contributed by atoms with Crippen LogP contribution in [0.25, 0.3) is 34.2 Å². The summed E-state index contributed by atoms with van der Waals surface area (Å²) in [5, 5.41) is 18.9. The van der Waals surface area contributed by atoms with Crippen molar-refractivity contribution in [1.29, 1.82) is 0 Å². The number of fused-ring (bicyclic) bond motifs is 3. The predicted octanol–water partition coefficient (Wildman–Crippen LogP) is 4.75. The van der Waals surface area contributed by atoms with Gasteiger partial charge in [0.25, 0.3) is 0 Å². The highest BCUT2D eigenvalue weighted by molar-refractivity contribution is 6.01. The van der Waals surface area contributed by atoms with E-state index in [0.29, 0.717) is 18.2 Å². The van der Waals surface area contributed by atoms with Gasteiger partial charge in [0.2, 0.25) is 5.82 Å². The van der Waals surface area contributed by atoms with Crippen LogP contribution < -0.4 is 4.74 Å². The maximum Gasteiger partial charge on any atom is 0.203 e. The van der Waals surface area contributed by atoms with Gasteiger partial charge in [-0.25, -0.2) is 0 Å². The van der Waals surface area contributed by atoms with E-state index in [0.717, 1.165) is 39.5 Å². The molecule has 0 amide bonds. The molecular weight excluding hydrogens is 412 g/mol. The zero-order valence-corrected chi connectivity index (χ0v) is 18.0. The van der Waals surface area contributed by atoms with E-state index < -0.39 is 0 Å². The van der Waals surface area contributed by atoms with E-state index in [-0.39, 0.29) is 0 Å². The van der Waals surface area contributed by atoms with Crippen LogP contribution >= 0.6 is 0 Å². The van der Waals surface area contributed by atoms with E-state index in [1.807, 2.05) is 70.0 Å². The Bertz CT molecular complexity index is 1450. The monoisotopic (exact) mass is 432 g/mol. The molecule has 0 radical (unpaired) electrons. The molecule has 0 bridgehead atoms. The van der Waals surface area contributed by atoms with Crippen LogP contribution in [0.5, 0.6) is 5.75 Å². The number of hydrogen-bond acceptors (Lipinski definition) is 5. The first-order valence-electron chi connectivity index (χ1n) is 10.7. The van der Waals surface area contributed by atoms with Crippen LogP contribution in [0.4, 0.5) is 0 Å². The van der Waals surface area contributed by atoms with Gasteiger partial charge in [0, 0.05) is 11.1 Å². The molecule has 1 aliphatic rings. The molecule has 7 heteroatoms. The summed E-state index contributed by atoms with van der Waals surface area (Å²) in [6.07, 6.45) is 0. The summed E-state index contributed by atoms with van der Waals surface area (Å²) in [6.45, 7) is 0.525. The largest absolute Gasteiger partial charge is 0.497 e. The van der Waals surface area contributed by atoms with Gasteiger partial charge in [-0.05, 0) is 35.9 Å². The van der Waals surface area contributed by atoms with Crippen molar-refractivity contribution in [1.82, 2.24) is 24.7 Å². The van der Waals surface area contributed by atoms with Crippen molar-refractivity contribution in [2.24, 2.45) is 5.10 Å². The van der Waals surface area contributed by atoms with Gasteiger partial charge in [-0.1, -0.05) is 60.7 Å². The lowest BCUT2D eigenvalue weighted by molar-refractivity contribution is 0.415. The third kappa shape index (κ3) is 3.40. The van der Waals surface area contributed by atoms with E-state index in [9.17, 15) is 0 Å². The molecule has 0 N–H and O–H groups in total. The Morgan fingerprint density at radius 3 is 2.09 bits per heavy atom. The molecule has 0 saturated carbocycles. The smallest absolute Gasteiger partial charge is 0.203 e. The fourth-order valence-electron chi connectivity index (χ4n) is 4.00. The summed E-state index contributed by atoms with van der Waals surface area (Å²) in [5.74, 6) is 2.10. The molecule has 0 atom stereocenters. The van der Waals surface area contributed by atoms with Crippen molar-refractivity contribution in [3.63, 3.8) is 0 Å². The predicted molar refractivity (Wildman–Crippen MR) is 127 cm³/mol. The Labute approximate surface area is 190 Å². The minimum Gasteiger partial charge on any atom is -0.497 e. The molecule has 3 heterocycles. The molecule has 0 unspecified atom stereocenters. The fourth-order valence-corrected chi connectivity index (χ4v) is 4.00. The molecule has 5 aromatic rings. The molecule has 0 fully saturated rings. The van der Waals surface area contributed by atoms with E-state index in [1.54, 1.807) is 7.11 Å². The zero-order chi connectivity index (χ0) is 22.2. The second-order valence-corrected chi connectivity index (χ2v) is 7.74. The minimum atomic E-state index is 0.525. The summed E-state index contributed by atoms with van der Waals surface area (Å²) in [6, 6.07) is 30.1. The summed E-state index contributed by atoms with van der Waals surface area (Å²) < 4.78 is 9.08. The Morgan fingerprint density at radius 2 is 1.39 bits per heavy atom. The molecule has 0 aliphatic carbocycles. The normalized spacial score (nSPS) is 12.5. The van der Waals surface area contributed by atoms with Crippen LogP contribution in [-0.2, 0) is 6.54 Å². The molecule has 160 valence electrons. The van der Waals surface area contributed by atoms with E-state index in [1.165, 1.54) is 0 Å². The van der Waals surface area contributed by atoms with Crippen molar-refractivity contribution < 1.29 is 4.74 Å². The summed E-state index contributed by atoms with van der Waals surface area (Å²) in [7, 11) is 1.65. The maximum absolute atomic E-state index is 5.30. The van der Waals surface area contributed by atoms with Crippen molar-refractivity contribution in [3.8, 4) is 39.9 Å². The van der Waals surface area contributed by atoms with Crippen LogP contribution in [0.1, 0.15) is 5.56 Å². The lowest BCUT2D eigenvalue weighted by atomic mass is 10.1. The average Bonchev–Trinajstić information content (AvgIpc) is 3.45. The Kier molecular flexibility index (Phi) is 4.58. The molecule has 6 rings (SSSR count). The number of nitrogens with zero attached hydrogens (tertiary/aromatic N) is 6. The molecule has 1 aliphatic heterocycles. The van der Waals surface area contributed by atoms with Crippen molar-refractivity contribution in [3.05, 3.63) is 96.6 Å². The second-order valence-electron chi connectivity index (χ2n) is 7.74. The topological polar surface area (TPSA) is 70.1 Å². The minimum absolute atomic E-state index is 0.525. The first-order valence-corrected chi connectivity index (χ1v) is 10.7. The Hall–Kier alpha value is -4.52. The van der Waals surface area contributed by atoms with Gasteiger partial charge >= 0.3 is 0 Å². The van der Waals surface area contributed by atoms with Gasteiger partial charge in [-0.15, -0.1) is 10.2 Å². The zero-order valence-electron chi connectivity index (χ0n) is 18.0. The highest BCUT2D eigenvalue weighted by Crippen LogP contribution is 2.31. The highest BCUT2D eigenvalue weighted by atomic mass is 16.5.